The maximum atomic E-state index is 14.2. The highest BCUT2D eigenvalue weighted by Crippen LogP contribution is 2.14. The van der Waals surface area contributed by atoms with Gasteiger partial charge in [0, 0.05) is 13.1 Å². The largest absolute Gasteiger partial charge is 0.480 e. The van der Waals surface area contributed by atoms with Crippen LogP contribution in [0.15, 0.2) is 9.98 Å². The summed E-state index contributed by atoms with van der Waals surface area (Å²) < 4.78 is 0. The smallest absolute Gasteiger partial charge is 0.325 e. The van der Waals surface area contributed by atoms with E-state index < -0.39 is 149 Å². The monoisotopic (exact) mass is 1240 g/mol. The van der Waals surface area contributed by atoms with E-state index in [-0.39, 0.29) is 100 Å². The minimum absolute atomic E-state index is 0.0223. The Morgan fingerprint density at radius 2 is 0.586 bits per heavy atom. The molecule has 31 heteroatoms. The van der Waals surface area contributed by atoms with E-state index in [9.17, 15) is 62.6 Å². The Hall–Kier alpha value is -7.86. The molecule has 87 heavy (non-hydrogen) atoms. The van der Waals surface area contributed by atoms with Crippen molar-refractivity contribution in [3.63, 3.8) is 0 Å². The Morgan fingerprint density at radius 1 is 0.333 bits per heavy atom. The van der Waals surface area contributed by atoms with Gasteiger partial charge in [0.15, 0.2) is 11.9 Å². The molecule has 0 aromatic heterocycles. The first-order valence-electron chi connectivity index (χ1n) is 29.7. The lowest BCUT2D eigenvalue weighted by Gasteiger charge is -2.30. The first-order chi connectivity index (χ1) is 40.3. The molecule has 0 aromatic rings. The number of carbonyl (C=O) groups excluding carboxylic acids is 11. The Kier molecular flexibility index (Phi) is 36.2. The molecule has 0 spiro atoms. The molecule has 0 aliphatic rings. The maximum Gasteiger partial charge on any atom is 0.325 e. The number of nitrogens with zero attached hydrogens (tertiary/aromatic N) is 2. The second kappa shape index (κ2) is 39.8. The van der Waals surface area contributed by atoms with E-state index in [1.54, 1.807) is 13.8 Å². The normalized spacial score (nSPS) is 15.4. The van der Waals surface area contributed by atoms with Gasteiger partial charge in [0.2, 0.25) is 65.0 Å². The number of rotatable bonds is 40. The molecule has 0 aliphatic carbocycles. The number of nitrogens with two attached hydrogens (primary N) is 5. The summed E-state index contributed by atoms with van der Waals surface area (Å²) in [5.74, 6) is -11.0. The number of nitrogens with one attached hydrogen (secondary N) is 11. The molecule has 0 unspecified atom stereocenters. The van der Waals surface area contributed by atoms with Crippen molar-refractivity contribution < 1.29 is 62.6 Å². The van der Waals surface area contributed by atoms with Crippen molar-refractivity contribution in [2.75, 3.05) is 13.1 Å². The Morgan fingerprint density at radius 3 is 0.885 bits per heavy atom. The molecule has 0 radical (unpaired) electrons. The molecule has 11 amide bonds. The average Bonchev–Trinajstić information content (AvgIpc) is 3.60. The zero-order chi connectivity index (χ0) is 67.2. The molecule has 0 aliphatic heterocycles. The van der Waals surface area contributed by atoms with Crippen molar-refractivity contribution in [3.8, 4) is 0 Å². The molecule has 12 atom stereocenters. The molecule has 22 N–H and O–H groups in total. The minimum Gasteiger partial charge on any atom is -0.480 e. The third-order valence-electron chi connectivity index (χ3n) is 13.2. The predicted octanol–water partition coefficient (Wildman–Crippen LogP) is -3.22. The van der Waals surface area contributed by atoms with Gasteiger partial charge >= 0.3 is 5.97 Å². The minimum atomic E-state index is -1.29. The highest BCUT2D eigenvalue weighted by molar-refractivity contribution is 5.99. The van der Waals surface area contributed by atoms with Crippen LogP contribution in [0.25, 0.3) is 0 Å². The van der Waals surface area contributed by atoms with Gasteiger partial charge in [-0.2, -0.15) is 0 Å². The lowest BCUT2D eigenvalue weighted by atomic mass is 9.97. The summed E-state index contributed by atoms with van der Waals surface area (Å²) in [4.78, 5) is 169. The van der Waals surface area contributed by atoms with Gasteiger partial charge < -0.3 is 92.3 Å². The number of guanidine groups is 2. The fourth-order valence-corrected chi connectivity index (χ4v) is 8.39. The van der Waals surface area contributed by atoms with E-state index in [1.165, 1.54) is 34.6 Å². The maximum absolute atomic E-state index is 14.2. The highest BCUT2D eigenvalue weighted by atomic mass is 16.4. The average molecular weight is 1240 g/mol. The molecule has 496 valence electrons. The van der Waals surface area contributed by atoms with Gasteiger partial charge in [0.1, 0.15) is 66.5 Å². The molecular formula is C56H104N18O13. The van der Waals surface area contributed by atoms with Crippen molar-refractivity contribution in [1.82, 2.24) is 58.5 Å². The van der Waals surface area contributed by atoms with E-state index in [0.717, 1.165) is 0 Å². The first-order valence-corrected chi connectivity index (χ1v) is 29.7. The van der Waals surface area contributed by atoms with Crippen molar-refractivity contribution in [1.29, 1.82) is 0 Å². The van der Waals surface area contributed by atoms with Crippen LogP contribution < -0.4 is 87.2 Å². The quantitative estimate of drug-likeness (QED) is 0.0163. The van der Waals surface area contributed by atoms with Crippen LogP contribution in [-0.4, -0.2) is 174 Å². The fourth-order valence-electron chi connectivity index (χ4n) is 8.39. The van der Waals surface area contributed by atoms with Crippen LogP contribution in [0.2, 0.25) is 0 Å². The summed E-state index contributed by atoms with van der Waals surface area (Å²) in [6, 6.07) is -14.5. The van der Waals surface area contributed by atoms with E-state index in [0.29, 0.717) is 0 Å². The number of aliphatic carboxylic acids is 1. The number of amides is 11. The van der Waals surface area contributed by atoms with Crippen LogP contribution >= 0.6 is 0 Å². The highest BCUT2D eigenvalue weighted by Gasteiger charge is 2.36. The molecule has 0 saturated heterocycles. The summed E-state index contributed by atoms with van der Waals surface area (Å²) in [7, 11) is 0. The molecule has 0 fully saturated rings. The lowest BCUT2D eigenvalue weighted by Crippen LogP contribution is -2.61. The molecule has 0 rings (SSSR count). The van der Waals surface area contributed by atoms with E-state index in [1.807, 2.05) is 55.4 Å². The summed E-state index contributed by atoms with van der Waals surface area (Å²) in [5.41, 5.74) is 27.4. The predicted molar refractivity (Wildman–Crippen MR) is 328 cm³/mol. The van der Waals surface area contributed by atoms with Crippen molar-refractivity contribution in [3.05, 3.63) is 0 Å². The van der Waals surface area contributed by atoms with Gasteiger partial charge in [-0.15, -0.1) is 0 Å². The van der Waals surface area contributed by atoms with Gasteiger partial charge in [-0.05, 0) is 116 Å². The number of carbonyl (C=O) groups is 12. The molecule has 0 aromatic carbocycles. The van der Waals surface area contributed by atoms with Gasteiger partial charge in [0.05, 0.1) is 6.04 Å². The van der Waals surface area contributed by atoms with Gasteiger partial charge in [-0.1, -0.05) is 69.2 Å². The third-order valence-corrected chi connectivity index (χ3v) is 13.2. The summed E-state index contributed by atoms with van der Waals surface area (Å²) in [5, 5.41) is 37.9. The molecular weight excluding hydrogens is 1130 g/mol. The fraction of sp³-hybridized carbons (Fsp3) is 0.750. The molecule has 0 bridgehead atoms. The van der Waals surface area contributed by atoms with Crippen LogP contribution in [0.5, 0.6) is 0 Å². The number of carboxylic acid groups (broad SMARTS) is 1. The third kappa shape index (κ3) is 32.5. The lowest BCUT2D eigenvalue weighted by molar-refractivity contribution is -0.142. The van der Waals surface area contributed by atoms with Crippen molar-refractivity contribution in [2.45, 2.75) is 228 Å². The summed E-state index contributed by atoms with van der Waals surface area (Å²) in [6.45, 7) is 24.8. The van der Waals surface area contributed by atoms with Crippen LogP contribution in [0, 0.1) is 29.6 Å². The molecule has 0 saturated carbocycles. The van der Waals surface area contributed by atoms with Gasteiger partial charge in [-0.3, -0.25) is 67.5 Å². The zero-order valence-corrected chi connectivity index (χ0v) is 53.5. The Bertz CT molecular complexity index is 2380. The second-order valence-electron chi connectivity index (χ2n) is 24.1. The van der Waals surface area contributed by atoms with Crippen molar-refractivity contribution in [2.24, 2.45) is 68.2 Å². The molecule has 0 heterocycles. The standard InChI is InChI=1S/C56H104N18O13/c1-26(2)22-38(49(81)67-35(15)54(86)87)70-50(82)39(23-27(3)4)71-51(83)40(24-28(5)6)72-52(84)41(25-29(7)8)73-53(85)42(30(9)10)74-46(78)34(14)65-44(76)32(12)64-45(77)33(13)66-47(79)36(18-16-20-62-55(58)59)69-48(80)37(68-43(75)31(11)57)19-17-21-63-56(60)61/h26-42H,16-25,57H2,1-15H3,(H,64,77)(H,65,76)(H,66,79)(H,67,81)(H,68,75)(H,69,80)(H,70,82)(H,71,83)(H,72,84)(H,73,85)(H,74,78)(H,86,87)(H4,58,59,62)(H4,60,61,63)/t31-,32-,33-,34-,35-,36-,37-,38-,39-,40-,41-,42-/m0/s1. The van der Waals surface area contributed by atoms with Crippen LogP contribution in [-0.2, 0) is 57.5 Å². The van der Waals surface area contributed by atoms with Crippen LogP contribution in [0.3, 0.4) is 0 Å². The van der Waals surface area contributed by atoms with Gasteiger partial charge in [-0.25, -0.2) is 0 Å². The number of aliphatic imine (C=N–C) groups is 2. The second-order valence-corrected chi connectivity index (χ2v) is 24.1. The summed E-state index contributed by atoms with van der Waals surface area (Å²) >= 11 is 0. The number of carboxylic acids is 1. The summed E-state index contributed by atoms with van der Waals surface area (Å²) in [6.07, 6.45) is 0.999. The number of hydrogen-bond acceptors (Lipinski definition) is 15. The SMILES string of the molecule is CC(C)C[C@H](NC(=O)[C@H](CC(C)C)NC(=O)[C@H](CC(C)C)NC(=O)[C@H](CC(C)C)NC(=O)[C@@H](NC(=O)[C@H](C)NC(=O)[C@H](C)NC(=O)[C@H](C)NC(=O)[C@H](CCCN=C(N)N)NC(=O)[C@H](CCCN=C(N)N)NC(=O)[C@H](C)N)C(C)C)C(=O)N[C@@H](C)C(=O)O. The topological polar surface area (TPSA) is 512 Å². The van der Waals surface area contributed by atoms with Gasteiger partial charge in [0.25, 0.3) is 0 Å². The van der Waals surface area contributed by atoms with E-state index in [4.69, 9.17) is 28.7 Å². The van der Waals surface area contributed by atoms with E-state index in [2.05, 4.69) is 68.5 Å². The van der Waals surface area contributed by atoms with Crippen molar-refractivity contribution >= 4 is 82.9 Å². The van der Waals surface area contributed by atoms with Crippen LogP contribution in [0.4, 0.5) is 0 Å². The van der Waals surface area contributed by atoms with E-state index >= 15 is 0 Å². The first kappa shape index (κ1) is 79.1. The number of hydrogen-bond donors (Lipinski definition) is 17. The molecule has 31 nitrogen and oxygen atoms in total. The zero-order valence-electron chi connectivity index (χ0n) is 53.5. The Balaban J connectivity index is 6.25. The Labute approximate surface area is 511 Å². The van der Waals surface area contributed by atoms with Crippen LogP contribution in [0.1, 0.15) is 155 Å².